The topological polar surface area (TPSA) is 98.7 Å². The third kappa shape index (κ3) is 6.18. The van der Waals surface area contributed by atoms with Gasteiger partial charge in [0.1, 0.15) is 0 Å². The van der Waals surface area contributed by atoms with Crippen LogP contribution in [0.25, 0.3) is 0 Å². The van der Waals surface area contributed by atoms with E-state index in [-0.39, 0.29) is 30.6 Å². The summed E-state index contributed by atoms with van der Waals surface area (Å²) in [6.45, 7) is 7.52. The highest BCUT2D eigenvalue weighted by atomic mass is 16.2. The number of fused-ring (bicyclic) bond motifs is 2. The Morgan fingerprint density at radius 3 is 2.51 bits per heavy atom. The van der Waals surface area contributed by atoms with Crippen molar-refractivity contribution < 1.29 is 14.4 Å². The summed E-state index contributed by atoms with van der Waals surface area (Å²) in [5.74, 6) is -0.327. The lowest BCUT2D eigenvalue weighted by Crippen LogP contribution is -2.39. The van der Waals surface area contributed by atoms with Crippen LogP contribution >= 0.6 is 0 Å². The van der Waals surface area contributed by atoms with Crippen LogP contribution in [0.4, 0.5) is 17.2 Å². The fourth-order valence-corrected chi connectivity index (χ4v) is 4.39. The number of carbonyl (C=O) groups is 3. The Hall–Kier alpha value is -4.11. The molecule has 3 amide bonds. The summed E-state index contributed by atoms with van der Waals surface area (Å²) in [6, 6.07) is 14.3. The van der Waals surface area contributed by atoms with Crippen LogP contribution in [0, 0.1) is 0 Å². The zero-order valence-corrected chi connectivity index (χ0v) is 21.3. The quantitative estimate of drug-likeness (QED) is 0.454. The molecule has 1 N–H and O–H groups in total. The summed E-state index contributed by atoms with van der Waals surface area (Å²) >= 11 is 0. The Kier molecular flexibility index (Phi) is 8.58. The number of anilines is 3. The highest BCUT2D eigenvalue weighted by Gasteiger charge is 2.30. The number of benzene rings is 1. The van der Waals surface area contributed by atoms with Crippen LogP contribution in [0.1, 0.15) is 42.6 Å². The van der Waals surface area contributed by atoms with E-state index in [1.165, 1.54) is 4.90 Å². The molecule has 0 fully saturated rings. The van der Waals surface area contributed by atoms with Crippen molar-refractivity contribution in [2.75, 3.05) is 36.4 Å². The highest BCUT2D eigenvalue weighted by Crippen LogP contribution is 2.36. The van der Waals surface area contributed by atoms with E-state index in [0.717, 1.165) is 25.2 Å². The van der Waals surface area contributed by atoms with Crippen molar-refractivity contribution in [3.8, 4) is 0 Å². The van der Waals surface area contributed by atoms with Crippen LogP contribution in [-0.4, -0.2) is 63.7 Å². The van der Waals surface area contributed by atoms with E-state index in [9.17, 15) is 14.4 Å². The summed E-state index contributed by atoms with van der Waals surface area (Å²) in [5, 5.41) is 2.83. The maximum absolute atomic E-state index is 13.5. The van der Waals surface area contributed by atoms with Gasteiger partial charge in [0.25, 0.3) is 5.91 Å². The predicted octanol–water partition coefficient (Wildman–Crippen LogP) is 3.86. The number of rotatable bonds is 10. The molecule has 9 nitrogen and oxygen atoms in total. The summed E-state index contributed by atoms with van der Waals surface area (Å²) < 4.78 is 0. The summed E-state index contributed by atoms with van der Waals surface area (Å²) in [5.41, 5.74) is 2.41. The number of hydrogen-bond acceptors (Lipinski definition) is 6. The summed E-state index contributed by atoms with van der Waals surface area (Å²) in [6.07, 6.45) is 5.26. The number of nitrogens with zero attached hydrogens (tertiary/aromatic N) is 5. The van der Waals surface area contributed by atoms with Crippen LogP contribution < -0.4 is 10.2 Å². The molecule has 3 heterocycles. The number of nitrogens with one attached hydrogen (secondary N) is 1. The van der Waals surface area contributed by atoms with Gasteiger partial charge in [-0.05, 0) is 49.4 Å². The lowest BCUT2D eigenvalue weighted by molar-refractivity contribution is -0.133. The lowest BCUT2D eigenvalue weighted by Gasteiger charge is -2.27. The van der Waals surface area contributed by atoms with Gasteiger partial charge >= 0.3 is 0 Å². The maximum atomic E-state index is 13.5. The minimum absolute atomic E-state index is 0.00104. The molecule has 0 saturated heterocycles. The molecule has 0 saturated carbocycles. The van der Waals surface area contributed by atoms with Gasteiger partial charge in [0, 0.05) is 57.6 Å². The first-order valence-corrected chi connectivity index (χ1v) is 12.6. The molecule has 1 aromatic carbocycles. The second kappa shape index (κ2) is 12.2. The van der Waals surface area contributed by atoms with Crippen LogP contribution in [0.3, 0.4) is 0 Å². The second-order valence-electron chi connectivity index (χ2n) is 8.78. The van der Waals surface area contributed by atoms with Gasteiger partial charge in [0.2, 0.25) is 11.8 Å². The zero-order valence-electron chi connectivity index (χ0n) is 21.3. The number of para-hydroxylation sites is 1. The Labute approximate surface area is 217 Å². The number of likely N-dealkylation sites (N-methyl/N-ethyl adjacent to an activating group) is 2. The molecule has 4 rings (SSSR count). The minimum Gasteiger partial charge on any atom is -0.342 e. The van der Waals surface area contributed by atoms with E-state index in [1.807, 2.05) is 25.3 Å². The van der Waals surface area contributed by atoms with E-state index in [1.54, 1.807) is 53.7 Å². The van der Waals surface area contributed by atoms with Crippen LogP contribution in [-0.2, 0) is 16.1 Å². The van der Waals surface area contributed by atoms with E-state index in [4.69, 9.17) is 0 Å². The van der Waals surface area contributed by atoms with E-state index in [0.29, 0.717) is 35.8 Å². The smallest absolute Gasteiger partial charge is 0.257 e. The zero-order chi connectivity index (χ0) is 26.2. The van der Waals surface area contributed by atoms with Gasteiger partial charge in [-0.3, -0.25) is 29.2 Å². The van der Waals surface area contributed by atoms with Crippen LogP contribution in [0.5, 0.6) is 0 Å². The third-order valence-corrected chi connectivity index (χ3v) is 6.44. The van der Waals surface area contributed by atoms with Crippen molar-refractivity contribution in [1.29, 1.82) is 0 Å². The van der Waals surface area contributed by atoms with Crippen molar-refractivity contribution >= 4 is 34.9 Å². The van der Waals surface area contributed by atoms with Crippen molar-refractivity contribution in [2.24, 2.45) is 0 Å². The average molecular weight is 501 g/mol. The first-order chi connectivity index (χ1) is 18.0. The van der Waals surface area contributed by atoms with Gasteiger partial charge in [0.05, 0.1) is 16.9 Å². The lowest BCUT2D eigenvalue weighted by atomic mass is 10.1. The molecule has 1 aliphatic heterocycles. The van der Waals surface area contributed by atoms with Gasteiger partial charge in [-0.2, -0.15) is 0 Å². The highest BCUT2D eigenvalue weighted by molar-refractivity contribution is 6.17. The molecule has 192 valence electrons. The van der Waals surface area contributed by atoms with Gasteiger partial charge in [0.15, 0.2) is 5.82 Å². The Balaban J connectivity index is 1.42. The summed E-state index contributed by atoms with van der Waals surface area (Å²) in [7, 11) is 0. The molecule has 2 aromatic heterocycles. The predicted molar refractivity (Wildman–Crippen MR) is 142 cm³/mol. The third-order valence-electron chi connectivity index (χ3n) is 6.44. The molecule has 0 unspecified atom stereocenters. The molecule has 0 atom stereocenters. The maximum Gasteiger partial charge on any atom is 0.257 e. The van der Waals surface area contributed by atoms with Gasteiger partial charge < -0.3 is 10.2 Å². The number of hydrogen-bond donors (Lipinski definition) is 1. The van der Waals surface area contributed by atoms with Gasteiger partial charge in [-0.25, -0.2) is 4.98 Å². The fraction of sp³-hybridized carbons (Fsp3) is 0.321. The number of pyridine rings is 2. The molecule has 3 aromatic rings. The molecule has 0 bridgehead atoms. The van der Waals surface area contributed by atoms with Crippen LogP contribution in [0.15, 0.2) is 67.1 Å². The SMILES string of the molecule is CCN(CCN(CC)C(=O)CCC(=O)N1c2ccccc2C(=O)Nc2cccnc21)Cc1cccnc1. The number of aromatic nitrogens is 2. The minimum atomic E-state index is -0.305. The second-order valence-corrected chi connectivity index (χ2v) is 8.78. The number of amides is 3. The largest absolute Gasteiger partial charge is 0.342 e. The molecule has 9 heteroatoms. The van der Waals surface area contributed by atoms with E-state index in [2.05, 4.69) is 27.1 Å². The monoisotopic (exact) mass is 500 g/mol. The molecule has 0 spiro atoms. The average Bonchev–Trinajstić information content (AvgIpc) is 3.05. The van der Waals surface area contributed by atoms with Crippen LogP contribution in [0.2, 0.25) is 0 Å². The van der Waals surface area contributed by atoms with Crippen molar-refractivity contribution in [2.45, 2.75) is 33.2 Å². The van der Waals surface area contributed by atoms with Gasteiger partial charge in [-0.15, -0.1) is 0 Å². The normalized spacial score (nSPS) is 12.4. The molecule has 0 aliphatic carbocycles. The molecule has 0 radical (unpaired) electrons. The van der Waals surface area contributed by atoms with E-state index >= 15 is 0 Å². The first kappa shape index (κ1) is 26.0. The number of carbonyl (C=O) groups excluding carboxylic acids is 3. The first-order valence-electron chi connectivity index (χ1n) is 12.6. The van der Waals surface area contributed by atoms with Crippen molar-refractivity contribution in [3.63, 3.8) is 0 Å². The summed E-state index contributed by atoms with van der Waals surface area (Å²) in [4.78, 5) is 53.3. The molecule has 1 aliphatic rings. The van der Waals surface area contributed by atoms with Gasteiger partial charge in [-0.1, -0.05) is 25.1 Å². The Morgan fingerprint density at radius 2 is 1.76 bits per heavy atom. The molecular formula is C28H32N6O3. The standard InChI is InChI=1S/C28H32N6O3/c1-3-32(20-21-9-7-15-29-19-21)17-18-33(4-2)25(35)13-14-26(36)34-24-12-6-5-10-22(24)28(37)31-23-11-8-16-30-27(23)34/h5-12,15-16,19H,3-4,13-14,17-18,20H2,1-2H3,(H,31,37). The van der Waals surface area contributed by atoms with E-state index < -0.39 is 0 Å². The Morgan fingerprint density at radius 1 is 0.946 bits per heavy atom. The van der Waals surface area contributed by atoms with Crippen molar-refractivity contribution in [3.05, 3.63) is 78.2 Å². The Bertz CT molecular complexity index is 1250. The van der Waals surface area contributed by atoms with Crippen molar-refractivity contribution in [1.82, 2.24) is 19.8 Å². The fourth-order valence-electron chi connectivity index (χ4n) is 4.39. The molecule has 37 heavy (non-hydrogen) atoms. The molecular weight excluding hydrogens is 468 g/mol.